The van der Waals surface area contributed by atoms with Crippen molar-refractivity contribution in [3.63, 3.8) is 0 Å². The van der Waals surface area contributed by atoms with Crippen molar-refractivity contribution in [1.29, 1.82) is 0 Å². The van der Waals surface area contributed by atoms with Gasteiger partial charge in [0.15, 0.2) is 0 Å². The van der Waals surface area contributed by atoms with E-state index in [1.807, 2.05) is 57.2 Å². The van der Waals surface area contributed by atoms with Crippen LogP contribution in [0.5, 0.6) is 0 Å². The summed E-state index contributed by atoms with van der Waals surface area (Å²) in [7, 11) is -3.73. The number of carbonyl (C=O) groups excluding carboxylic acids is 2. The summed E-state index contributed by atoms with van der Waals surface area (Å²) in [5.74, 6) is -0.586. The van der Waals surface area contributed by atoms with Crippen molar-refractivity contribution in [2.45, 2.75) is 77.9 Å². The fraction of sp³-hybridized carbons (Fsp3) is 0.500. The highest BCUT2D eigenvalue weighted by atomic mass is 32.2. The number of sulfonamides is 1. The summed E-state index contributed by atoms with van der Waals surface area (Å²) in [6, 6.07) is 14.4. The lowest BCUT2D eigenvalue weighted by molar-refractivity contribution is -0.140. The van der Waals surface area contributed by atoms with Gasteiger partial charge >= 0.3 is 0 Å². The molecule has 0 bridgehead atoms. The largest absolute Gasteiger partial charge is 0.352 e. The number of benzene rings is 2. The Hall–Kier alpha value is -2.87. The molecule has 1 N–H and O–H groups in total. The van der Waals surface area contributed by atoms with Gasteiger partial charge in [-0.1, -0.05) is 68.7 Å². The first-order valence-corrected chi connectivity index (χ1v) is 14.7. The molecule has 1 atom stereocenters. The Labute approximate surface area is 215 Å². The minimum Gasteiger partial charge on any atom is -0.352 e. The number of amides is 2. The normalized spacial score (nSPS) is 14.9. The van der Waals surface area contributed by atoms with Gasteiger partial charge < -0.3 is 10.2 Å². The van der Waals surface area contributed by atoms with E-state index in [-0.39, 0.29) is 25.0 Å². The van der Waals surface area contributed by atoms with E-state index in [1.165, 1.54) is 4.90 Å². The number of nitrogens with zero attached hydrogens (tertiary/aromatic N) is 2. The zero-order valence-electron chi connectivity index (χ0n) is 21.9. The third-order valence-electron chi connectivity index (χ3n) is 6.87. The Morgan fingerprint density at radius 2 is 1.56 bits per heavy atom. The van der Waals surface area contributed by atoms with E-state index in [1.54, 1.807) is 12.1 Å². The zero-order valence-corrected chi connectivity index (χ0v) is 22.7. The van der Waals surface area contributed by atoms with Gasteiger partial charge in [-0.05, 0) is 55.9 Å². The summed E-state index contributed by atoms with van der Waals surface area (Å²) in [4.78, 5) is 28.6. The lowest BCUT2D eigenvalue weighted by Crippen LogP contribution is -2.53. The van der Waals surface area contributed by atoms with Crippen LogP contribution in [0.25, 0.3) is 0 Å². The van der Waals surface area contributed by atoms with Gasteiger partial charge in [0, 0.05) is 12.6 Å². The maximum absolute atomic E-state index is 13.7. The number of anilines is 1. The fourth-order valence-corrected chi connectivity index (χ4v) is 5.54. The Kier molecular flexibility index (Phi) is 9.54. The van der Waals surface area contributed by atoms with E-state index in [9.17, 15) is 18.0 Å². The Morgan fingerprint density at radius 3 is 2.08 bits per heavy atom. The molecule has 1 saturated carbocycles. The van der Waals surface area contributed by atoms with E-state index < -0.39 is 22.0 Å². The number of carbonyl (C=O) groups is 2. The van der Waals surface area contributed by atoms with Crippen molar-refractivity contribution in [3.8, 4) is 0 Å². The van der Waals surface area contributed by atoms with E-state index in [4.69, 9.17) is 0 Å². The first-order chi connectivity index (χ1) is 17.1. The highest BCUT2D eigenvalue weighted by Gasteiger charge is 2.33. The number of hydrogen-bond donors (Lipinski definition) is 1. The van der Waals surface area contributed by atoms with Crippen molar-refractivity contribution >= 4 is 27.5 Å². The van der Waals surface area contributed by atoms with Gasteiger partial charge in [-0.3, -0.25) is 13.9 Å². The Balaban J connectivity index is 1.90. The lowest BCUT2D eigenvalue weighted by Gasteiger charge is -2.33. The molecule has 8 heteroatoms. The number of hydrogen-bond acceptors (Lipinski definition) is 4. The fourth-order valence-electron chi connectivity index (χ4n) is 4.69. The molecular weight excluding hydrogens is 474 g/mol. The SMILES string of the molecule is CCc1ccc(N(CC(=O)N(Cc2ccc(C)cc2)[C@@H](CC)C(=O)NC2CCCC2)S(C)(=O)=O)cc1. The second-order valence-corrected chi connectivity index (χ2v) is 11.6. The molecule has 0 radical (unpaired) electrons. The molecular formula is C28H39N3O4S. The second kappa shape index (κ2) is 12.4. The molecule has 0 heterocycles. The third kappa shape index (κ3) is 7.32. The molecule has 0 unspecified atom stereocenters. The first-order valence-electron chi connectivity index (χ1n) is 12.8. The van der Waals surface area contributed by atoms with Crippen LogP contribution in [0.1, 0.15) is 62.6 Å². The first kappa shape index (κ1) is 27.7. The molecule has 1 aliphatic rings. The standard InChI is InChI=1S/C28H39N3O4S/c1-5-22-15-17-25(18-16-22)31(36(4,34)35)20-27(32)30(19-23-13-11-21(3)12-14-23)26(6-2)28(33)29-24-9-7-8-10-24/h11-18,24,26H,5-10,19-20H2,1-4H3,(H,29,33)/t26-/m0/s1. The van der Waals surface area contributed by atoms with Crippen LogP contribution >= 0.6 is 0 Å². The summed E-state index contributed by atoms with van der Waals surface area (Å²) in [5, 5.41) is 3.12. The van der Waals surface area contributed by atoms with Crippen molar-refractivity contribution < 1.29 is 18.0 Å². The minimum atomic E-state index is -3.73. The molecule has 2 amide bonds. The average molecular weight is 514 g/mol. The molecule has 2 aromatic carbocycles. The molecule has 0 aromatic heterocycles. The van der Waals surface area contributed by atoms with Crippen molar-refractivity contribution in [2.75, 3.05) is 17.1 Å². The third-order valence-corrected chi connectivity index (χ3v) is 8.01. The van der Waals surface area contributed by atoms with Gasteiger partial charge in [-0.2, -0.15) is 0 Å². The molecule has 2 aromatic rings. The number of aryl methyl sites for hydroxylation is 2. The average Bonchev–Trinajstić information content (AvgIpc) is 3.36. The zero-order chi connectivity index (χ0) is 26.3. The van der Waals surface area contributed by atoms with Crippen LogP contribution in [-0.2, 0) is 32.6 Å². The molecule has 0 spiro atoms. The maximum Gasteiger partial charge on any atom is 0.244 e. The summed E-state index contributed by atoms with van der Waals surface area (Å²) in [6.07, 6.45) is 6.44. The van der Waals surface area contributed by atoms with Crippen LogP contribution < -0.4 is 9.62 Å². The Bertz CT molecular complexity index is 1120. The molecule has 7 nitrogen and oxygen atoms in total. The van der Waals surface area contributed by atoms with Gasteiger partial charge in [0.1, 0.15) is 12.6 Å². The van der Waals surface area contributed by atoms with Gasteiger partial charge in [0.25, 0.3) is 0 Å². The summed E-state index contributed by atoms with van der Waals surface area (Å²) >= 11 is 0. The highest BCUT2D eigenvalue weighted by Crippen LogP contribution is 2.22. The topological polar surface area (TPSA) is 86.8 Å². The predicted octanol–water partition coefficient (Wildman–Crippen LogP) is 4.19. The van der Waals surface area contributed by atoms with Crippen molar-refractivity contribution in [2.24, 2.45) is 0 Å². The van der Waals surface area contributed by atoms with Gasteiger partial charge in [-0.15, -0.1) is 0 Å². The maximum atomic E-state index is 13.7. The van der Waals surface area contributed by atoms with E-state index >= 15 is 0 Å². The van der Waals surface area contributed by atoms with Crippen molar-refractivity contribution in [1.82, 2.24) is 10.2 Å². The summed E-state index contributed by atoms with van der Waals surface area (Å²) < 4.78 is 26.6. The van der Waals surface area contributed by atoms with Crippen LogP contribution in [0.4, 0.5) is 5.69 Å². The lowest BCUT2D eigenvalue weighted by atomic mass is 10.1. The van der Waals surface area contributed by atoms with Crippen LogP contribution in [0.15, 0.2) is 48.5 Å². The molecule has 36 heavy (non-hydrogen) atoms. The number of nitrogens with one attached hydrogen (secondary N) is 1. The van der Waals surface area contributed by atoms with Gasteiger partial charge in [0.05, 0.1) is 11.9 Å². The summed E-state index contributed by atoms with van der Waals surface area (Å²) in [6.45, 7) is 5.75. The van der Waals surface area contributed by atoms with E-state index in [2.05, 4.69) is 5.32 Å². The number of rotatable bonds is 11. The predicted molar refractivity (Wildman–Crippen MR) is 144 cm³/mol. The second-order valence-electron chi connectivity index (χ2n) is 9.71. The smallest absolute Gasteiger partial charge is 0.244 e. The molecule has 0 aliphatic heterocycles. The van der Waals surface area contributed by atoms with Crippen LogP contribution in [0.3, 0.4) is 0 Å². The van der Waals surface area contributed by atoms with E-state index in [0.29, 0.717) is 12.1 Å². The summed E-state index contributed by atoms with van der Waals surface area (Å²) in [5.41, 5.74) is 3.50. The molecule has 196 valence electrons. The highest BCUT2D eigenvalue weighted by molar-refractivity contribution is 7.92. The molecule has 3 rings (SSSR count). The molecule has 0 saturated heterocycles. The molecule has 1 fully saturated rings. The Morgan fingerprint density at radius 1 is 0.972 bits per heavy atom. The van der Waals surface area contributed by atoms with Crippen LogP contribution in [0.2, 0.25) is 0 Å². The van der Waals surface area contributed by atoms with Crippen LogP contribution in [0, 0.1) is 6.92 Å². The van der Waals surface area contributed by atoms with Crippen molar-refractivity contribution in [3.05, 3.63) is 65.2 Å². The quantitative estimate of drug-likeness (QED) is 0.488. The van der Waals surface area contributed by atoms with Crippen LogP contribution in [-0.4, -0.2) is 50.0 Å². The minimum absolute atomic E-state index is 0.132. The van der Waals surface area contributed by atoms with Gasteiger partial charge in [0.2, 0.25) is 21.8 Å². The molecule has 1 aliphatic carbocycles. The van der Waals surface area contributed by atoms with Gasteiger partial charge in [-0.25, -0.2) is 8.42 Å². The monoisotopic (exact) mass is 513 g/mol. The van der Waals surface area contributed by atoms with E-state index in [0.717, 1.165) is 59.4 Å².